The second kappa shape index (κ2) is 7.78. The van der Waals surface area contributed by atoms with Crippen LogP contribution in [0.3, 0.4) is 0 Å². The van der Waals surface area contributed by atoms with Gasteiger partial charge in [-0.1, -0.05) is 42.5 Å². The molecule has 0 heterocycles. The first-order valence-corrected chi connectivity index (χ1v) is 6.93. The molecule has 0 radical (unpaired) electrons. The normalized spacial score (nSPS) is 10.4. The van der Waals surface area contributed by atoms with Crippen LogP contribution in [0.25, 0.3) is 0 Å². The predicted octanol–water partition coefficient (Wildman–Crippen LogP) is 3.32. The molecule has 0 atom stereocenters. The number of benzene rings is 2. The van der Waals surface area contributed by atoms with Crippen LogP contribution in [0.2, 0.25) is 0 Å². The molecule has 4 heteroatoms. The number of aryl methyl sites for hydroxylation is 1. The van der Waals surface area contributed by atoms with Gasteiger partial charge in [0.1, 0.15) is 12.4 Å². The van der Waals surface area contributed by atoms with Gasteiger partial charge in [0.25, 0.3) is 5.91 Å². The summed E-state index contributed by atoms with van der Waals surface area (Å²) in [4.78, 5) is 11.9. The van der Waals surface area contributed by atoms with Crippen LogP contribution in [0.5, 0.6) is 5.75 Å². The Morgan fingerprint density at radius 3 is 2.77 bits per heavy atom. The zero-order chi connectivity index (χ0) is 15.8. The van der Waals surface area contributed by atoms with E-state index in [1.165, 1.54) is 0 Å². The highest BCUT2D eigenvalue weighted by Gasteiger charge is 2.02. The molecule has 2 aromatic rings. The minimum Gasteiger partial charge on any atom is -0.490 e. The van der Waals surface area contributed by atoms with Gasteiger partial charge in [0, 0.05) is 5.56 Å². The van der Waals surface area contributed by atoms with E-state index in [1.807, 2.05) is 43.3 Å². The molecule has 0 bridgehead atoms. The van der Waals surface area contributed by atoms with Gasteiger partial charge >= 0.3 is 0 Å². The number of carbonyl (C=O) groups is 1. The Morgan fingerprint density at radius 2 is 2.05 bits per heavy atom. The summed E-state index contributed by atoms with van der Waals surface area (Å²) in [7, 11) is 0. The molecule has 0 unspecified atom stereocenters. The highest BCUT2D eigenvalue weighted by atomic mass is 16.5. The lowest BCUT2D eigenvalue weighted by Crippen LogP contribution is -2.17. The van der Waals surface area contributed by atoms with Crippen molar-refractivity contribution in [3.05, 3.63) is 77.9 Å². The fraction of sp³-hybridized carbons (Fsp3) is 0.111. The number of carbonyl (C=O) groups excluding carboxylic acids is 1. The molecule has 0 aliphatic rings. The van der Waals surface area contributed by atoms with Gasteiger partial charge in [-0.05, 0) is 36.8 Å². The topological polar surface area (TPSA) is 50.7 Å². The highest BCUT2D eigenvalue weighted by molar-refractivity contribution is 5.94. The third-order valence-corrected chi connectivity index (χ3v) is 2.92. The van der Waals surface area contributed by atoms with Crippen molar-refractivity contribution in [2.45, 2.75) is 6.92 Å². The molecule has 2 aromatic carbocycles. The van der Waals surface area contributed by atoms with Crippen LogP contribution in [0.1, 0.15) is 21.5 Å². The van der Waals surface area contributed by atoms with Crippen molar-refractivity contribution in [2.75, 3.05) is 6.61 Å². The molecule has 22 heavy (non-hydrogen) atoms. The number of ether oxygens (including phenoxy) is 1. The second-order valence-corrected chi connectivity index (χ2v) is 4.74. The van der Waals surface area contributed by atoms with Crippen LogP contribution in [-0.4, -0.2) is 18.7 Å². The molecule has 0 saturated heterocycles. The van der Waals surface area contributed by atoms with E-state index in [1.54, 1.807) is 24.4 Å². The van der Waals surface area contributed by atoms with Crippen LogP contribution < -0.4 is 10.2 Å². The van der Waals surface area contributed by atoms with Crippen molar-refractivity contribution in [1.29, 1.82) is 0 Å². The standard InChI is InChI=1S/C18H18N2O2/c1-3-11-22-17-6-4-5-15(12-17)13-19-20-18(21)16-9-7-14(2)8-10-16/h3-10,12-13H,1,11H2,2H3,(H,20,21)/b19-13+. The lowest BCUT2D eigenvalue weighted by molar-refractivity contribution is 0.0955. The maximum atomic E-state index is 11.9. The van der Waals surface area contributed by atoms with Gasteiger partial charge in [-0.15, -0.1) is 0 Å². The zero-order valence-corrected chi connectivity index (χ0v) is 12.5. The van der Waals surface area contributed by atoms with Crippen LogP contribution in [0, 0.1) is 6.92 Å². The van der Waals surface area contributed by atoms with E-state index < -0.39 is 0 Å². The molecular formula is C18H18N2O2. The number of hydrogen-bond donors (Lipinski definition) is 1. The van der Waals surface area contributed by atoms with E-state index in [-0.39, 0.29) is 5.91 Å². The maximum absolute atomic E-state index is 11.9. The monoisotopic (exact) mass is 294 g/mol. The number of hydrogen-bond acceptors (Lipinski definition) is 3. The van der Waals surface area contributed by atoms with Gasteiger partial charge in [-0.3, -0.25) is 4.79 Å². The van der Waals surface area contributed by atoms with E-state index in [0.717, 1.165) is 16.9 Å². The van der Waals surface area contributed by atoms with Gasteiger partial charge in [-0.25, -0.2) is 5.43 Å². The molecule has 0 fully saturated rings. The lowest BCUT2D eigenvalue weighted by Gasteiger charge is -2.03. The van der Waals surface area contributed by atoms with Crippen LogP contribution >= 0.6 is 0 Å². The fourth-order valence-corrected chi connectivity index (χ4v) is 1.77. The predicted molar refractivity (Wildman–Crippen MR) is 88.4 cm³/mol. The summed E-state index contributed by atoms with van der Waals surface area (Å²) in [5, 5.41) is 3.96. The maximum Gasteiger partial charge on any atom is 0.271 e. The molecule has 1 amide bonds. The Bertz CT molecular complexity index is 676. The minimum atomic E-state index is -0.240. The fourth-order valence-electron chi connectivity index (χ4n) is 1.77. The van der Waals surface area contributed by atoms with E-state index in [4.69, 9.17) is 4.74 Å². The Morgan fingerprint density at radius 1 is 1.27 bits per heavy atom. The molecule has 4 nitrogen and oxygen atoms in total. The summed E-state index contributed by atoms with van der Waals surface area (Å²) in [6, 6.07) is 14.7. The van der Waals surface area contributed by atoms with Crippen LogP contribution in [-0.2, 0) is 0 Å². The summed E-state index contributed by atoms with van der Waals surface area (Å²) in [5.74, 6) is 0.490. The van der Waals surface area contributed by atoms with Gasteiger partial charge in [-0.2, -0.15) is 5.10 Å². The largest absolute Gasteiger partial charge is 0.490 e. The van der Waals surface area contributed by atoms with E-state index in [2.05, 4.69) is 17.1 Å². The first-order valence-electron chi connectivity index (χ1n) is 6.93. The van der Waals surface area contributed by atoms with Gasteiger partial charge in [0.2, 0.25) is 0 Å². The summed E-state index contributed by atoms with van der Waals surface area (Å²) in [6.07, 6.45) is 3.26. The second-order valence-electron chi connectivity index (χ2n) is 4.74. The van der Waals surface area contributed by atoms with E-state index in [0.29, 0.717) is 12.2 Å². The number of hydrazone groups is 1. The minimum absolute atomic E-state index is 0.240. The molecular weight excluding hydrogens is 276 g/mol. The van der Waals surface area contributed by atoms with Crippen LogP contribution in [0.4, 0.5) is 0 Å². The average Bonchev–Trinajstić information content (AvgIpc) is 2.54. The number of amides is 1. The number of nitrogens with zero attached hydrogens (tertiary/aromatic N) is 1. The Balaban J connectivity index is 1.95. The Hall–Kier alpha value is -2.88. The van der Waals surface area contributed by atoms with E-state index >= 15 is 0 Å². The summed E-state index contributed by atoms with van der Waals surface area (Å²) in [6.45, 7) is 6.03. The molecule has 0 aliphatic carbocycles. The number of rotatable bonds is 6. The smallest absolute Gasteiger partial charge is 0.271 e. The zero-order valence-electron chi connectivity index (χ0n) is 12.5. The Kier molecular flexibility index (Phi) is 5.49. The van der Waals surface area contributed by atoms with Crippen molar-refractivity contribution < 1.29 is 9.53 Å². The van der Waals surface area contributed by atoms with Gasteiger partial charge in [0.05, 0.1) is 6.21 Å². The number of nitrogens with one attached hydrogen (secondary N) is 1. The highest BCUT2D eigenvalue weighted by Crippen LogP contribution is 2.11. The van der Waals surface area contributed by atoms with Crippen molar-refractivity contribution in [1.82, 2.24) is 5.43 Å². The third-order valence-electron chi connectivity index (χ3n) is 2.92. The first-order chi connectivity index (χ1) is 10.7. The molecule has 0 aliphatic heterocycles. The molecule has 2 rings (SSSR count). The molecule has 0 spiro atoms. The summed E-state index contributed by atoms with van der Waals surface area (Å²) >= 11 is 0. The molecule has 0 saturated carbocycles. The summed E-state index contributed by atoms with van der Waals surface area (Å²) in [5.41, 5.74) is 5.02. The van der Waals surface area contributed by atoms with Gasteiger partial charge in [0.15, 0.2) is 0 Å². The SMILES string of the molecule is C=CCOc1cccc(/C=N/NC(=O)c2ccc(C)cc2)c1. The Labute approximate surface area is 130 Å². The lowest BCUT2D eigenvalue weighted by atomic mass is 10.1. The third kappa shape index (κ3) is 4.59. The molecule has 112 valence electrons. The van der Waals surface area contributed by atoms with Crippen molar-refractivity contribution in [3.63, 3.8) is 0 Å². The van der Waals surface area contributed by atoms with Crippen molar-refractivity contribution in [3.8, 4) is 5.75 Å². The van der Waals surface area contributed by atoms with Crippen LogP contribution in [0.15, 0.2) is 66.3 Å². The van der Waals surface area contributed by atoms with Gasteiger partial charge < -0.3 is 4.74 Å². The van der Waals surface area contributed by atoms with E-state index in [9.17, 15) is 4.79 Å². The molecule has 1 N–H and O–H groups in total. The summed E-state index contributed by atoms with van der Waals surface area (Å²) < 4.78 is 5.44. The molecule has 0 aromatic heterocycles. The van der Waals surface area contributed by atoms with Crippen molar-refractivity contribution in [2.24, 2.45) is 5.10 Å². The van der Waals surface area contributed by atoms with Crippen molar-refractivity contribution >= 4 is 12.1 Å². The average molecular weight is 294 g/mol. The quantitative estimate of drug-likeness (QED) is 0.505. The first kappa shape index (κ1) is 15.5.